The molecule has 0 aromatic heterocycles. The SMILES string of the molecule is CC(N)(C(=O)O)c1ccc(S(=O)(=O)[O-])cc1.[Na+]. The quantitative estimate of drug-likeness (QED) is 0.441. The minimum Gasteiger partial charge on any atom is -0.744 e. The molecule has 1 rings (SSSR count). The van der Waals surface area contributed by atoms with Gasteiger partial charge in [0.15, 0.2) is 0 Å². The van der Waals surface area contributed by atoms with Crippen LogP contribution in [0.3, 0.4) is 0 Å². The van der Waals surface area contributed by atoms with Crippen LogP contribution in [0.5, 0.6) is 0 Å². The normalized spacial score (nSPS) is 14.5. The van der Waals surface area contributed by atoms with Gasteiger partial charge in [-0.3, -0.25) is 0 Å². The van der Waals surface area contributed by atoms with Gasteiger partial charge in [0, 0.05) is 0 Å². The number of hydrogen-bond acceptors (Lipinski definition) is 5. The Bertz CT molecular complexity index is 509. The van der Waals surface area contributed by atoms with Crippen molar-refractivity contribution in [3.8, 4) is 0 Å². The van der Waals surface area contributed by atoms with E-state index in [9.17, 15) is 17.8 Å². The molecule has 0 saturated carbocycles. The first-order chi connectivity index (χ1) is 7.15. The first-order valence-corrected chi connectivity index (χ1v) is 5.65. The molecule has 1 atom stereocenters. The molecular weight excluding hydrogens is 257 g/mol. The minimum absolute atomic E-state index is 0. The molecule has 6 nitrogen and oxygen atoms in total. The molecule has 3 N–H and O–H groups in total. The molecule has 0 radical (unpaired) electrons. The van der Waals surface area contributed by atoms with E-state index in [0.717, 1.165) is 12.1 Å². The first kappa shape index (κ1) is 16.6. The summed E-state index contributed by atoms with van der Waals surface area (Å²) in [5, 5.41) is 8.82. The van der Waals surface area contributed by atoms with Gasteiger partial charge >= 0.3 is 35.5 Å². The van der Waals surface area contributed by atoms with E-state index >= 15 is 0 Å². The fourth-order valence-corrected chi connectivity index (χ4v) is 1.56. The summed E-state index contributed by atoms with van der Waals surface area (Å²) in [6, 6.07) is 4.48. The van der Waals surface area contributed by atoms with E-state index in [2.05, 4.69) is 0 Å². The topological polar surface area (TPSA) is 121 Å². The summed E-state index contributed by atoms with van der Waals surface area (Å²) in [5.74, 6) is -1.25. The fraction of sp³-hybridized carbons (Fsp3) is 0.222. The Morgan fingerprint density at radius 2 is 1.76 bits per heavy atom. The van der Waals surface area contributed by atoms with Gasteiger partial charge in [0.1, 0.15) is 15.7 Å². The van der Waals surface area contributed by atoms with Crippen LogP contribution in [-0.2, 0) is 20.5 Å². The van der Waals surface area contributed by atoms with Crippen LogP contribution < -0.4 is 35.3 Å². The van der Waals surface area contributed by atoms with Crippen LogP contribution in [0.4, 0.5) is 0 Å². The van der Waals surface area contributed by atoms with E-state index in [-0.39, 0.29) is 35.1 Å². The molecule has 17 heavy (non-hydrogen) atoms. The van der Waals surface area contributed by atoms with Crippen LogP contribution >= 0.6 is 0 Å². The molecule has 1 aromatic carbocycles. The number of hydrogen-bond donors (Lipinski definition) is 2. The molecule has 0 fully saturated rings. The number of benzene rings is 1. The Morgan fingerprint density at radius 1 is 1.35 bits per heavy atom. The summed E-state index contributed by atoms with van der Waals surface area (Å²) < 4.78 is 31.9. The number of carboxylic acid groups (broad SMARTS) is 1. The van der Waals surface area contributed by atoms with E-state index in [0.29, 0.717) is 0 Å². The van der Waals surface area contributed by atoms with Gasteiger partial charge in [0.25, 0.3) is 0 Å². The van der Waals surface area contributed by atoms with Crippen LogP contribution in [0.1, 0.15) is 12.5 Å². The molecule has 0 aliphatic rings. The third kappa shape index (κ3) is 3.77. The Kier molecular flexibility index (Phi) is 5.33. The molecule has 1 aromatic rings. The zero-order valence-corrected chi connectivity index (χ0v) is 12.2. The second-order valence-electron chi connectivity index (χ2n) is 3.49. The summed E-state index contributed by atoms with van der Waals surface area (Å²) >= 11 is 0. The van der Waals surface area contributed by atoms with Crippen molar-refractivity contribution in [2.24, 2.45) is 5.73 Å². The fourth-order valence-electron chi connectivity index (χ4n) is 1.09. The minimum atomic E-state index is -4.52. The third-order valence-electron chi connectivity index (χ3n) is 2.19. The van der Waals surface area contributed by atoms with Crippen molar-refractivity contribution in [3.63, 3.8) is 0 Å². The van der Waals surface area contributed by atoms with Gasteiger partial charge < -0.3 is 15.4 Å². The number of rotatable bonds is 3. The standard InChI is InChI=1S/C9H11NO5S.Na/c1-9(10,8(11)12)6-2-4-7(5-3-6)16(13,14)15;/h2-5H,10H2,1H3,(H,11,12)(H,13,14,15);/q;+1/p-1. The van der Waals surface area contributed by atoms with Gasteiger partial charge in [-0.05, 0) is 24.6 Å². The van der Waals surface area contributed by atoms with Crippen molar-refractivity contribution in [3.05, 3.63) is 29.8 Å². The van der Waals surface area contributed by atoms with Gasteiger partial charge in [0.05, 0.1) is 4.90 Å². The second kappa shape index (κ2) is 5.47. The molecule has 0 spiro atoms. The Morgan fingerprint density at radius 3 is 2.06 bits per heavy atom. The zero-order valence-electron chi connectivity index (χ0n) is 9.38. The van der Waals surface area contributed by atoms with Crippen LogP contribution in [0, 0.1) is 0 Å². The second-order valence-corrected chi connectivity index (χ2v) is 4.87. The molecular formula is C9H10NNaO5S. The van der Waals surface area contributed by atoms with Crippen molar-refractivity contribution in [1.82, 2.24) is 0 Å². The maximum atomic E-state index is 10.8. The zero-order chi connectivity index (χ0) is 12.6. The van der Waals surface area contributed by atoms with Crippen LogP contribution in [-0.4, -0.2) is 24.0 Å². The van der Waals surface area contributed by atoms with Crippen molar-refractivity contribution in [2.75, 3.05) is 0 Å². The van der Waals surface area contributed by atoms with E-state index in [4.69, 9.17) is 10.8 Å². The molecule has 0 bridgehead atoms. The maximum Gasteiger partial charge on any atom is 1.00 e. The van der Waals surface area contributed by atoms with Gasteiger partial charge in [-0.2, -0.15) is 0 Å². The largest absolute Gasteiger partial charge is 1.00 e. The van der Waals surface area contributed by atoms with Crippen molar-refractivity contribution in [1.29, 1.82) is 0 Å². The summed E-state index contributed by atoms with van der Waals surface area (Å²) in [7, 11) is -4.52. The number of carboxylic acids is 1. The molecule has 8 heteroatoms. The van der Waals surface area contributed by atoms with Crippen LogP contribution in [0.25, 0.3) is 0 Å². The number of aliphatic carboxylic acids is 1. The maximum absolute atomic E-state index is 10.8. The predicted octanol–water partition coefficient (Wildman–Crippen LogP) is -3.15. The summed E-state index contributed by atoms with van der Waals surface area (Å²) in [5.41, 5.74) is 4.11. The average molecular weight is 267 g/mol. The van der Waals surface area contributed by atoms with Crippen LogP contribution in [0.15, 0.2) is 29.2 Å². The Balaban J connectivity index is 0.00000256. The van der Waals surface area contributed by atoms with E-state index < -0.39 is 26.5 Å². The predicted molar refractivity (Wildman–Crippen MR) is 53.6 cm³/mol. The van der Waals surface area contributed by atoms with Crippen LogP contribution in [0.2, 0.25) is 0 Å². The molecule has 88 valence electrons. The number of nitrogens with two attached hydrogens (primary N) is 1. The van der Waals surface area contributed by atoms with Crippen molar-refractivity contribution >= 4 is 16.1 Å². The smallest absolute Gasteiger partial charge is 0.744 e. The van der Waals surface area contributed by atoms with Crippen molar-refractivity contribution < 1.29 is 52.4 Å². The summed E-state index contributed by atoms with van der Waals surface area (Å²) in [6.07, 6.45) is 0. The molecule has 0 aliphatic carbocycles. The first-order valence-electron chi connectivity index (χ1n) is 4.24. The van der Waals surface area contributed by atoms with Gasteiger partial charge in [-0.1, -0.05) is 12.1 Å². The molecule has 0 heterocycles. The Labute approximate surface area is 121 Å². The monoisotopic (exact) mass is 267 g/mol. The summed E-state index contributed by atoms with van der Waals surface area (Å²) in [4.78, 5) is 10.4. The van der Waals surface area contributed by atoms with Gasteiger partial charge in [0.2, 0.25) is 0 Å². The van der Waals surface area contributed by atoms with Gasteiger partial charge in [-0.25, -0.2) is 13.2 Å². The molecule has 0 aliphatic heterocycles. The van der Waals surface area contributed by atoms with E-state index in [1.54, 1.807) is 0 Å². The third-order valence-corrected chi connectivity index (χ3v) is 3.04. The molecule has 0 amide bonds. The van der Waals surface area contributed by atoms with Crippen molar-refractivity contribution in [2.45, 2.75) is 17.4 Å². The summed E-state index contributed by atoms with van der Waals surface area (Å²) in [6.45, 7) is 1.27. The van der Waals surface area contributed by atoms with E-state index in [1.165, 1.54) is 19.1 Å². The average Bonchev–Trinajstić information content (AvgIpc) is 2.16. The number of carbonyl (C=O) groups is 1. The molecule has 1 unspecified atom stereocenters. The Hall–Kier alpha value is -0.440. The van der Waals surface area contributed by atoms with E-state index in [1.807, 2.05) is 0 Å². The van der Waals surface area contributed by atoms with Gasteiger partial charge in [-0.15, -0.1) is 0 Å². The molecule has 0 saturated heterocycles.